The molecule has 0 spiro atoms. The Labute approximate surface area is 224 Å². The number of hydrogen-bond acceptors (Lipinski definition) is 6. The summed E-state index contributed by atoms with van der Waals surface area (Å²) in [7, 11) is -4.40. The molecule has 0 radical (unpaired) electrons. The molecule has 0 rings (SSSR count). The molecule has 0 aromatic rings. The summed E-state index contributed by atoms with van der Waals surface area (Å²) in [5, 5.41) is -0.0201. The molecule has 0 aliphatic rings. The van der Waals surface area contributed by atoms with Gasteiger partial charge in [-0.1, -0.05) is 41.5 Å². The summed E-state index contributed by atoms with van der Waals surface area (Å²) < 4.78 is 25.0. The van der Waals surface area contributed by atoms with Crippen LogP contribution in [0.3, 0.4) is 0 Å². The van der Waals surface area contributed by atoms with Crippen LogP contribution in [0.1, 0.15) is 109 Å². The summed E-state index contributed by atoms with van der Waals surface area (Å²) in [5.74, 6) is -0.492. The topological polar surface area (TPSA) is 71.1 Å². The third-order valence-electron chi connectivity index (χ3n) is 7.03. The van der Waals surface area contributed by atoms with Crippen molar-refractivity contribution in [2.45, 2.75) is 168 Å². The normalized spacial score (nSPS) is 15.9. The van der Waals surface area contributed by atoms with E-state index in [1.165, 1.54) is 0 Å². The highest BCUT2D eigenvalue weighted by Gasteiger charge is 2.45. The second-order valence-electron chi connectivity index (χ2n) is 15.1. The number of carbonyl (C=O) groups is 2. The van der Waals surface area contributed by atoms with E-state index in [9.17, 15) is 9.59 Å². The number of hydrogen-bond donors (Lipinski definition) is 0. The van der Waals surface area contributed by atoms with Crippen molar-refractivity contribution in [1.29, 1.82) is 0 Å². The maximum atomic E-state index is 12.6. The molecule has 0 aliphatic heterocycles. The molecule has 0 heterocycles. The fourth-order valence-corrected chi connectivity index (χ4v) is 5.82. The second-order valence-corrected chi connectivity index (χ2v) is 24.6. The Kier molecular flexibility index (Phi) is 12.2. The standard InChI is InChI=1S/C28H58O6Si2/c1-25(2,3)31-23(29)19-17-21(33-35(13,14)27(7,8)9)22(34-36(15,16)28(10,11)12)18-20-24(30)32-26(4,5)6/h21-22H,17-20H2,1-16H3/t21-,22-/m1/s1. The van der Waals surface area contributed by atoms with E-state index in [1.54, 1.807) is 0 Å². The molecule has 2 atom stereocenters. The predicted octanol–water partition coefficient (Wildman–Crippen LogP) is 8.01. The second kappa shape index (κ2) is 12.4. The van der Waals surface area contributed by atoms with Crippen molar-refractivity contribution in [1.82, 2.24) is 0 Å². The highest BCUT2D eigenvalue weighted by Crippen LogP contribution is 2.41. The number of ether oxygens (including phenoxy) is 2. The van der Waals surface area contributed by atoms with Crippen molar-refractivity contribution < 1.29 is 27.9 Å². The Bertz CT molecular complexity index is 656. The molecule has 0 aliphatic carbocycles. The fourth-order valence-electron chi connectivity index (χ4n) is 3.06. The summed E-state index contributed by atoms with van der Waals surface area (Å²) in [4.78, 5) is 25.3. The number of carbonyl (C=O) groups excluding carboxylic acids is 2. The first-order chi connectivity index (χ1) is 15.7. The van der Waals surface area contributed by atoms with Crippen LogP contribution in [0.4, 0.5) is 0 Å². The molecule has 0 N–H and O–H groups in total. The molecule has 0 aromatic heterocycles. The number of rotatable bonds is 11. The van der Waals surface area contributed by atoms with Crippen LogP contribution in [0.15, 0.2) is 0 Å². The smallest absolute Gasteiger partial charge is 0.306 e. The zero-order chi connectivity index (χ0) is 29.0. The van der Waals surface area contributed by atoms with E-state index >= 15 is 0 Å². The Balaban J connectivity index is 6.14. The van der Waals surface area contributed by atoms with Crippen LogP contribution in [0.5, 0.6) is 0 Å². The van der Waals surface area contributed by atoms with Crippen molar-refractivity contribution in [3.63, 3.8) is 0 Å². The van der Waals surface area contributed by atoms with Gasteiger partial charge in [0.15, 0.2) is 16.6 Å². The summed E-state index contributed by atoms with van der Waals surface area (Å²) in [5.41, 5.74) is -1.08. The van der Waals surface area contributed by atoms with Gasteiger partial charge in [0.1, 0.15) is 11.2 Å². The molecule has 6 nitrogen and oxygen atoms in total. The van der Waals surface area contributed by atoms with Crippen LogP contribution < -0.4 is 0 Å². The SMILES string of the molecule is CC(C)(C)OC(=O)CC[C@@H](O[Si](C)(C)C(C)(C)C)[C@@H](CCC(=O)OC(C)(C)C)O[Si](C)(C)C(C)(C)C. The molecule has 0 saturated carbocycles. The van der Waals surface area contributed by atoms with Gasteiger partial charge in [0.25, 0.3) is 0 Å². The van der Waals surface area contributed by atoms with Gasteiger partial charge < -0.3 is 18.3 Å². The van der Waals surface area contributed by atoms with Gasteiger partial charge in [-0.3, -0.25) is 9.59 Å². The maximum absolute atomic E-state index is 12.6. The minimum absolute atomic E-state index is 0.0101. The van der Waals surface area contributed by atoms with Crippen LogP contribution in [-0.2, 0) is 27.9 Å². The monoisotopic (exact) mass is 546 g/mol. The van der Waals surface area contributed by atoms with Crippen molar-refractivity contribution in [2.24, 2.45) is 0 Å². The summed E-state index contributed by atoms with van der Waals surface area (Å²) in [6, 6.07) is 0. The average Bonchev–Trinajstić information content (AvgIpc) is 2.57. The van der Waals surface area contributed by atoms with E-state index in [-0.39, 0.29) is 47.1 Å². The first-order valence-electron chi connectivity index (χ1n) is 13.5. The molecule has 0 fully saturated rings. The van der Waals surface area contributed by atoms with Gasteiger partial charge in [-0.25, -0.2) is 0 Å². The average molecular weight is 547 g/mol. The Hall–Kier alpha value is -0.706. The van der Waals surface area contributed by atoms with E-state index in [4.69, 9.17) is 18.3 Å². The van der Waals surface area contributed by atoms with E-state index in [1.807, 2.05) is 41.5 Å². The molecular formula is C28H58O6Si2. The molecule has 8 heteroatoms. The summed E-state index contributed by atoms with van der Waals surface area (Å²) in [6.45, 7) is 33.3. The van der Waals surface area contributed by atoms with Crippen molar-refractivity contribution in [2.75, 3.05) is 0 Å². The molecule has 0 amide bonds. The molecule has 0 aromatic carbocycles. The van der Waals surface area contributed by atoms with E-state index in [2.05, 4.69) is 67.7 Å². The minimum Gasteiger partial charge on any atom is -0.460 e. The van der Waals surface area contributed by atoms with Gasteiger partial charge in [0, 0.05) is 12.8 Å². The lowest BCUT2D eigenvalue weighted by Gasteiger charge is -2.45. The first kappa shape index (κ1) is 35.3. The fraction of sp³-hybridized carbons (Fsp3) is 0.929. The zero-order valence-electron chi connectivity index (χ0n) is 26.4. The van der Waals surface area contributed by atoms with Crippen molar-refractivity contribution in [3.8, 4) is 0 Å². The Morgan fingerprint density at radius 1 is 0.556 bits per heavy atom. The van der Waals surface area contributed by atoms with Crippen LogP contribution in [0.25, 0.3) is 0 Å². The van der Waals surface area contributed by atoms with E-state index < -0.39 is 27.8 Å². The lowest BCUT2D eigenvalue weighted by Crippen LogP contribution is -2.52. The maximum Gasteiger partial charge on any atom is 0.306 e. The van der Waals surface area contributed by atoms with Crippen LogP contribution in [0.2, 0.25) is 36.3 Å². The zero-order valence-corrected chi connectivity index (χ0v) is 28.4. The van der Waals surface area contributed by atoms with Gasteiger partial charge in [-0.2, -0.15) is 0 Å². The Morgan fingerprint density at radius 3 is 1.00 bits per heavy atom. The largest absolute Gasteiger partial charge is 0.460 e. The first-order valence-corrected chi connectivity index (χ1v) is 19.3. The third-order valence-corrected chi connectivity index (χ3v) is 16.0. The molecule has 0 bridgehead atoms. The molecule has 214 valence electrons. The van der Waals surface area contributed by atoms with Gasteiger partial charge in [-0.05, 0) is 90.6 Å². The Morgan fingerprint density at radius 2 is 0.806 bits per heavy atom. The predicted molar refractivity (Wildman–Crippen MR) is 154 cm³/mol. The van der Waals surface area contributed by atoms with Gasteiger partial charge >= 0.3 is 11.9 Å². The van der Waals surface area contributed by atoms with E-state index in [0.29, 0.717) is 12.8 Å². The van der Waals surface area contributed by atoms with Crippen molar-refractivity contribution >= 4 is 28.6 Å². The van der Waals surface area contributed by atoms with Gasteiger partial charge in [-0.15, -0.1) is 0 Å². The van der Waals surface area contributed by atoms with Gasteiger partial charge in [0.2, 0.25) is 0 Å². The summed E-state index contributed by atoms with van der Waals surface area (Å²) >= 11 is 0. The van der Waals surface area contributed by atoms with Crippen molar-refractivity contribution in [3.05, 3.63) is 0 Å². The lowest BCUT2D eigenvalue weighted by atomic mass is 10.0. The van der Waals surface area contributed by atoms with E-state index in [0.717, 1.165) is 0 Å². The number of esters is 2. The highest BCUT2D eigenvalue weighted by molar-refractivity contribution is 6.74. The van der Waals surface area contributed by atoms with Crippen LogP contribution in [-0.4, -0.2) is 52.0 Å². The highest BCUT2D eigenvalue weighted by atomic mass is 28.4. The summed E-state index contributed by atoms with van der Waals surface area (Å²) in [6.07, 6.45) is 0.787. The van der Waals surface area contributed by atoms with Crippen LogP contribution >= 0.6 is 0 Å². The minimum atomic E-state index is -2.20. The molecule has 0 saturated heterocycles. The molecule has 0 unspecified atom stereocenters. The molecule has 36 heavy (non-hydrogen) atoms. The third kappa shape index (κ3) is 13.2. The van der Waals surface area contributed by atoms with Crippen LogP contribution in [0, 0.1) is 0 Å². The molecular weight excluding hydrogens is 488 g/mol. The van der Waals surface area contributed by atoms with Gasteiger partial charge in [0.05, 0.1) is 12.2 Å². The quantitative estimate of drug-likeness (QED) is 0.193. The lowest BCUT2D eigenvalue weighted by molar-refractivity contribution is -0.157.